The van der Waals surface area contributed by atoms with Crippen LogP contribution >= 0.6 is 0 Å². The molecule has 0 atom stereocenters. The number of anilines is 1. The van der Waals surface area contributed by atoms with E-state index in [4.69, 9.17) is 4.74 Å². The van der Waals surface area contributed by atoms with Gasteiger partial charge in [-0.2, -0.15) is 0 Å². The molecule has 0 saturated carbocycles. The number of fused-ring (bicyclic) bond motifs is 1. The van der Waals surface area contributed by atoms with E-state index >= 15 is 0 Å². The molecule has 0 spiro atoms. The molecule has 2 N–H and O–H groups in total. The minimum absolute atomic E-state index is 0.262. The van der Waals surface area contributed by atoms with Crippen LogP contribution in [0.5, 0.6) is 0 Å². The Balaban J connectivity index is 2.24. The molecule has 0 saturated heterocycles. The second-order valence-corrected chi connectivity index (χ2v) is 3.07. The van der Waals surface area contributed by atoms with Crippen LogP contribution in [0.4, 0.5) is 5.69 Å². The minimum atomic E-state index is -0.262. The predicted octanol–water partition coefficient (Wildman–Crippen LogP) is 1.29. The fraction of sp³-hybridized carbons (Fsp3) is 0.300. The smallest absolute Gasteiger partial charge is 0.338 e. The molecule has 1 aliphatic heterocycles. The molecular formula is C10H12N2O2. The van der Waals surface area contributed by atoms with Crippen molar-refractivity contribution in [2.24, 2.45) is 0 Å². The van der Waals surface area contributed by atoms with Crippen molar-refractivity contribution in [1.29, 1.82) is 0 Å². The lowest BCUT2D eigenvalue weighted by atomic mass is 10.1. The van der Waals surface area contributed by atoms with Crippen LogP contribution < -0.4 is 10.9 Å². The molecule has 1 heterocycles. The highest BCUT2D eigenvalue weighted by Crippen LogP contribution is 2.20. The maximum atomic E-state index is 11.4. The first kappa shape index (κ1) is 9.02. The van der Waals surface area contributed by atoms with E-state index in [0.717, 1.165) is 17.8 Å². The molecule has 1 aliphatic rings. The number of ether oxygens (including phenoxy) is 1. The van der Waals surface area contributed by atoms with Crippen molar-refractivity contribution in [1.82, 2.24) is 5.43 Å². The Morgan fingerprint density at radius 1 is 1.57 bits per heavy atom. The van der Waals surface area contributed by atoms with E-state index in [-0.39, 0.29) is 5.97 Å². The van der Waals surface area contributed by atoms with Crippen LogP contribution in [-0.4, -0.2) is 12.6 Å². The summed E-state index contributed by atoms with van der Waals surface area (Å²) in [6.45, 7) is 2.95. The zero-order valence-corrected chi connectivity index (χ0v) is 7.96. The normalized spacial score (nSPS) is 13.2. The summed E-state index contributed by atoms with van der Waals surface area (Å²) in [6, 6.07) is 5.48. The first-order chi connectivity index (χ1) is 6.81. The summed E-state index contributed by atoms with van der Waals surface area (Å²) in [7, 11) is 0. The third-order valence-corrected chi connectivity index (χ3v) is 2.12. The molecule has 0 aliphatic carbocycles. The first-order valence-electron chi connectivity index (χ1n) is 4.60. The number of carbonyl (C=O) groups is 1. The van der Waals surface area contributed by atoms with Gasteiger partial charge in [-0.3, -0.25) is 0 Å². The molecule has 0 aromatic heterocycles. The van der Waals surface area contributed by atoms with Gasteiger partial charge in [0.15, 0.2) is 0 Å². The minimum Gasteiger partial charge on any atom is -0.462 e. The topological polar surface area (TPSA) is 50.4 Å². The van der Waals surface area contributed by atoms with E-state index in [1.165, 1.54) is 0 Å². The van der Waals surface area contributed by atoms with Gasteiger partial charge in [-0.25, -0.2) is 10.2 Å². The van der Waals surface area contributed by atoms with Gasteiger partial charge in [0.05, 0.1) is 17.9 Å². The van der Waals surface area contributed by atoms with Crippen molar-refractivity contribution >= 4 is 11.7 Å². The molecule has 74 valence electrons. The van der Waals surface area contributed by atoms with Gasteiger partial charge in [0.25, 0.3) is 0 Å². The van der Waals surface area contributed by atoms with Crippen LogP contribution in [0.2, 0.25) is 0 Å². The zero-order valence-electron chi connectivity index (χ0n) is 7.96. The Labute approximate surface area is 82.2 Å². The molecule has 0 radical (unpaired) electrons. The fourth-order valence-corrected chi connectivity index (χ4v) is 1.44. The number of hydrogen-bond donors (Lipinski definition) is 2. The van der Waals surface area contributed by atoms with Gasteiger partial charge in [-0.15, -0.1) is 0 Å². The van der Waals surface area contributed by atoms with Gasteiger partial charge in [0.1, 0.15) is 0 Å². The number of nitrogens with one attached hydrogen (secondary N) is 2. The molecule has 4 heteroatoms. The van der Waals surface area contributed by atoms with E-state index in [1.54, 1.807) is 13.0 Å². The quantitative estimate of drug-likeness (QED) is 0.693. The Kier molecular flexibility index (Phi) is 2.37. The van der Waals surface area contributed by atoms with Crippen molar-refractivity contribution in [3.05, 3.63) is 29.3 Å². The SMILES string of the molecule is CCOC(=O)c1ccc2c(c1)CNN2. The average molecular weight is 192 g/mol. The van der Waals surface area contributed by atoms with Crippen molar-refractivity contribution in [2.45, 2.75) is 13.5 Å². The lowest BCUT2D eigenvalue weighted by molar-refractivity contribution is 0.0526. The average Bonchev–Trinajstić information content (AvgIpc) is 2.64. The predicted molar refractivity (Wildman–Crippen MR) is 52.9 cm³/mol. The van der Waals surface area contributed by atoms with Crippen LogP contribution in [0.3, 0.4) is 0 Å². The second kappa shape index (κ2) is 3.67. The molecule has 1 aromatic carbocycles. The highest BCUT2D eigenvalue weighted by molar-refractivity contribution is 5.90. The monoisotopic (exact) mass is 192 g/mol. The highest BCUT2D eigenvalue weighted by atomic mass is 16.5. The third-order valence-electron chi connectivity index (χ3n) is 2.12. The summed E-state index contributed by atoms with van der Waals surface area (Å²) in [4.78, 5) is 11.4. The van der Waals surface area contributed by atoms with E-state index in [2.05, 4.69) is 10.9 Å². The van der Waals surface area contributed by atoms with Crippen LogP contribution in [0, 0.1) is 0 Å². The Morgan fingerprint density at radius 3 is 3.21 bits per heavy atom. The van der Waals surface area contributed by atoms with Crippen molar-refractivity contribution in [3.63, 3.8) is 0 Å². The summed E-state index contributed by atoms with van der Waals surface area (Å²) < 4.78 is 4.91. The molecule has 0 amide bonds. The molecular weight excluding hydrogens is 180 g/mol. The number of benzene rings is 1. The van der Waals surface area contributed by atoms with E-state index in [0.29, 0.717) is 12.2 Å². The largest absolute Gasteiger partial charge is 0.462 e. The van der Waals surface area contributed by atoms with Crippen molar-refractivity contribution in [3.8, 4) is 0 Å². The van der Waals surface area contributed by atoms with Gasteiger partial charge in [0, 0.05) is 6.54 Å². The molecule has 0 fully saturated rings. The van der Waals surface area contributed by atoms with Crippen molar-refractivity contribution in [2.75, 3.05) is 12.0 Å². The van der Waals surface area contributed by atoms with Crippen LogP contribution in [0.15, 0.2) is 18.2 Å². The number of rotatable bonds is 2. The number of esters is 1. The Bertz CT molecular complexity index is 363. The summed E-state index contributed by atoms with van der Waals surface area (Å²) in [6.07, 6.45) is 0. The maximum Gasteiger partial charge on any atom is 0.338 e. The molecule has 2 rings (SSSR count). The maximum absolute atomic E-state index is 11.4. The number of carbonyl (C=O) groups excluding carboxylic acids is 1. The standard InChI is InChI=1S/C10H12N2O2/c1-2-14-10(13)7-3-4-9-8(5-7)6-11-12-9/h3-5,11-12H,2,6H2,1H3. The van der Waals surface area contributed by atoms with Crippen molar-refractivity contribution < 1.29 is 9.53 Å². The van der Waals surface area contributed by atoms with Gasteiger partial charge in [-0.1, -0.05) is 0 Å². The van der Waals surface area contributed by atoms with E-state index in [9.17, 15) is 4.79 Å². The first-order valence-corrected chi connectivity index (χ1v) is 4.60. The Morgan fingerprint density at radius 2 is 2.43 bits per heavy atom. The third kappa shape index (κ3) is 1.56. The summed E-state index contributed by atoms with van der Waals surface area (Å²) in [5.41, 5.74) is 8.71. The molecule has 14 heavy (non-hydrogen) atoms. The molecule has 0 bridgehead atoms. The summed E-state index contributed by atoms with van der Waals surface area (Å²) >= 11 is 0. The lowest BCUT2D eigenvalue weighted by Crippen LogP contribution is -2.10. The fourth-order valence-electron chi connectivity index (χ4n) is 1.44. The van der Waals surface area contributed by atoms with E-state index in [1.807, 2.05) is 12.1 Å². The van der Waals surface area contributed by atoms with Crippen LogP contribution in [0.25, 0.3) is 0 Å². The second-order valence-electron chi connectivity index (χ2n) is 3.07. The van der Waals surface area contributed by atoms with Crippen LogP contribution in [-0.2, 0) is 11.3 Å². The highest BCUT2D eigenvalue weighted by Gasteiger charge is 2.13. The van der Waals surface area contributed by atoms with Gasteiger partial charge < -0.3 is 10.2 Å². The number of hydrogen-bond acceptors (Lipinski definition) is 4. The lowest BCUT2D eigenvalue weighted by Gasteiger charge is -2.03. The molecule has 4 nitrogen and oxygen atoms in total. The molecule has 0 unspecified atom stereocenters. The van der Waals surface area contributed by atoms with Gasteiger partial charge >= 0.3 is 5.97 Å². The number of hydrazine groups is 1. The summed E-state index contributed by atoms with van der Waals surface area (Å²) in [5.74, 6) is -0.262. The molecule has 1 aromatic rings. The van der Waals surface area contributed by atoms with Gasteiger partial charge in [0.2, 0.25) is 0 Å². The zero-order chi connectivity index (χ0) is 9.97. The van der Waals surface area contributed by atoms with Gasteiger partial charge in [-0.05, 0) is 30.7 Å². The summed E-state index contributed by atoms with van der Waals surface area (Å²) in [5, 5.41) is 0. The van der Waals surface area contributed by atoms with Crippen LogP contribution in [0.1, 0.15) is 22.8 Å². The van der Waals surface area contributed by atoms with E-state index < -0.39 is 0 Å². The Hall–Kier alpha value is -1.55.